The van der Waals surface area contributed by atoms with Crippen LogP contribution < -0.4 is 4.90 Å². The summed E-state index contributed by atoms with van der Waals surface area (Å²) >= 11 is 0. The second-order valence-electron chi connectivity index (χ2n) is 15.4. The smallest absolute Gasteiger partial charge is 0.0541 e. The molecule has 1 saturated heterocycles. The number of rotatable bonds is 6. The first-order chi connectivity index (χ1) is 26.0. The normalized spacial score (nSPS) is 17.7. The van der Waals surface area contributed by atoms with Crippen LogP contribution in [0, 0.1) is 0 Å². The molecule has 7 aromatic carbocycles. The van der Waals surface area contributed by atoms with Crippen molar-refractivity contribution in [1.82, 2.24) is 9.47 Å². The number of hydrogen-bond donors (Lipinski definition) is 0. The van der Waals surface area contributed by atoms with Crippen LogP contribution in [0.5, 0.6) is 0 Å². The highest BCUT2D eigenvalue weighted by atomic mass is 15.3. The maximum Gasteiger partial charge on any atom is 0.0541 e. The molecule has 2 unspecified atom stereocenters. The molecule has 8 aromatic rings. The van der Waals surface area contributed by atoms with Crippen LogP contribution in [0.1, 0.15) is 30.5 Å². The minimum absolute atomic E-state index is 0.0777. The van der Waals surface area contributed by atoms with Crippen molar-refractivity contribution in [1.29, 1.82) is 0 Å². The van der Waals surface area contributed by atoms with E-state index in [0.717, 1.165) is 12.2 Å². The van der Waals surface area contributed by atoms with Crippen molar-refractivity contribution in [3.63, 3.8) is 0 Å². The zero-order valence-corrected chi connectivity index (χ0v) is 30.0. The molecule has 3 aliphatic rings. The van der Waals surface area contributed by atoms with E-state index in [2.05, 4.69) is 198 Å². The molecule has 2 atom stereocenters. The highest BCUT2D eigenvalue weighted by molar-refractivity contribution is 6.10. The lowest BCUT2D eigenvalue weighted by atomic mass is 9.82. The van der Waals surface area contributed by atoms with Crippen LogP contribution in [0.2, 0.25) is 0 Å². The van der Waals surface area contributed by atoms with Crippen LogP contribution in [-0.4, -0.2) is 28.6 Å². The van der Waals surface area contributed by atoms with Crippen LogP contribution in [-0.2, 0) is 5.41 Å². The molecule has 1 aliphatic carbocycles. The first kappa shape index (κ1) is 30.5. The first-order valence-electron chi connectivity index (χ1n) is 18.8. The molecule has 11 rings (SSSR count). The van der Waals surface area contributed by atoms with Gasteiger partial charge in [0.15, 0.2) is 0 Å². The summed E-state index contributed by atoms with van der Waals surface area (Å²) < 4.78 is 2.38. The second kappa shape index (κ2) is 11.4. The predicted molar refractivity (Wildman–Crippen MR) is 222 cm³/mol. The Bertz CT molecular complexity index is 2770. The molecule has 1 aromatic heterocycles. The van der Waals surface area contributed by atoms with Crippen molar-refractivity contribution >= 4 is 44.4 Å². The molecular formula is C50H39N3. The Morgan fingerprint density at radius 2 is 1.25 bits per heavy atom. The molecule has 0 amide bonds. The molecular weight excluding hydrogens is 643 g/mol. The molecule has 254 valence electrons. The number of aromatic nitrogens is 1. The van der Waals surface area contributed by atoms with Gasteiger partial charge in [0.1, 0.15) is 0 Å². The molecule has 3 heteroatoms. The monoisotopic (exact) mass is 681 g/mol. The molecule has 3 nitrogen and oxygen atoms in total. The van der Waals surface area contributed by atoms with Crippen molar-refractivity contribution in [2.24, 2.45) is 0 Å². The van der Waals surface area contributed by atoms with Gasteiger partial charge in [-0.1, -0.05) is 117 Å². The molecule has 0 radical (unpaired) electrons. The highest BCUT2D eigenvalue weighted by Gasteiger charge is 2.38. The number of fused-ring (bicyclic) bond motifs is 7. The average molecular weight is 682 g/mol. The third-order valence-electron chi connectivity index (χ3n) is 12.0. The van der Waals surface area contributed by atoms with Crippen molar-refractivity contribution in [2.75, 3.05) is 18.0 Å². The molecule has 2 aliphatic heterocycles. The van der Waals surface area contributed by atoms with Crippen molar-refractivity contribution in [3.05, 3.63) is 187 Å². The molecule has 0 bridgehead atoms. The Morgan fingerprint density at radius 3 is 2.09 bits per heavy atom. The van der Waals surface area contributed by atoms with Crippen LogP contribution >= 0.6 is 0 Å². The van der Waals surface area contributed by atoms with Crippen molar-refractivity contribution in [2.45, 2.75) is 25.3 Å². The lowest BCUT2D eigenvalue weighted by Crippen LogP contribution is -2.16. The summed E-state index contributed by atoms with van der Waals surface area (Å²) in [6, 6.07) is 61.3. The zero-order chi connectivity index (χ0) is 35.3. The van der Waals surface area contributed by atoms with Gasteiger partial charge in [0.05, 0.1) is 11.0 Å². The van der Waals surface area contributed by atoms with Gasteiger partial charge >= 0.3 is 0 Å². The van der Waals surface area contributed by atoms with Gasteiger partial charge in [0.2, 0.25) is 0 Å². The summed E-state index contributed by atoms with van der Waals surface area (Å²) in [6.45, 7) is 6.98. The summed E-state index contributed by atoms with van der Waals surface area (Å²) in [5.41, 5.74) is 17.7. The maximum atomic E-state index is 2.52. The van der Waals surface area contributed by atoms with E-state index in [1.807, 2.05) is 0 Å². The third-order valence-corrected chi connectivity index (χ3v) is 12.0. The van der Waals surface area contributed by atoms with Gasteiger partial charge in [-0.15, -0.1) is 0 Å². The number of para-hydroxylation sites is 2. The second-order valence-corrected chi connectivity index (χ2v) is 15.4. The van der Waals surface area contributed by atoms with Crippen LogP contribution in [0.3, 0.4) is 0 Å². The summed E-state index contributed by atoms with van der Waals surface area (Å²) in [5, 5.41) is 2.53. The lowest BCUT2D eigenvalue weighted by Gasteiger charge is -2.28. The number of anilines is 3. The topological polar surface area (TPSA) is 11.2 Å². The van der Waals surface area contributed by atoms with Crippen molar-refractivity contribution < 1.29 is 0 Å². The third kappa shape index (κ3) is 4.77. The quantitative estimate of drug-likeness (QED) is 0.162. The summed E-state index contributed by atoms with van der Waals surface area (Å²) in [7, 11) is 0. The molecule has 3 heterocycles. The Morgan fingerprint density at radius 1 is 0.528 bits per heavy atom. The van der Waals surface area contributed by atoms with Gasteiger partial charge in [-0.25, -0.2) is 0 Å². The fourth-order valence-corrected chi connectivity index (χ4v) is 9.16. The van der Waals surface area contributed by atoms with Gasteiger partial charge in [-0.2, -0.15) is 0 Å². The lowest BCUT2D eigenvalue weighted by molar-refractivity contribution is 0.628. The average Bonchev–Trinajstić information content (AvgIpc) is 3.56. The van der Waals surface area contributed by atoms with Crippen molar-refractivity contribution in [3.8, 4) is 27.9 Å². The van der Waals surface area contributed by atoms with Crippen LogP contribution in [0.15, 0.2) is 170 Å². The first-order valence-corrected chi connectivity index (χ1v) is 18.8. The van der Waals surface area contributed by atoms with Gasteiger partial charge in [-0.3, -0.25) is 4.90 Å². The Hall–Kier alpha value is -6.16. The Labute approximate surface area is 310 Å². The van der Waals surface area contributed by atoms with E-state index in [0.29, 0.717) is 6.04 Å². The van der Waals surface area contributed by atoms with Crippen LogP contribution in [0.4, 0.5) is 17.1 Å². The summed E-state index contributed by atoms with van der Waals surface area (Å²) in [4.78, 5) is 4.97. The summed E-state index contributed by atoms with van der Waals surface area (Å²) in [6.07, 6.45) is 2.46. The fourth-order valence-electron chi connectivity index (χ4n) is 9.16. The molecule has 1 fully saturated rings. The van der Waals surface area contributed by atoms with E-state index in [1.54, 1.807) is 0 Å². The minimum Gasteiger partial charge on any atom is -0.310 e. The Kier molecular flexibility index (Phi) is 6.56. The van der Waals surface area contributed by atoms with E-state index in [4.69, 9.17) is 0 Å². The molecule has 0 spiro atoms. The van der Waals surface area contributed by atoms with Gasteiger partial charge in [0, 0.05) is 58.1 Å². The van der Waals surface area contributed by atoms with E-state index in [9.17, 15) is 0 Å². The molecule has 53 heavy (non-hydrogen) atoms. The van der Waals surface area contributed by atoms with E-state index >= 15 is 0 Å². The molecule has 0 saturated carbocycles. The maximum absolute atomic E-state index is 2.52. The largest absolute Gasteiger partial charge is 0.310 e. The summed E-state index contributed by atoms with van der Waals surface area (Å²) in [5.74, 6) is 0. The predicted octanol–water partition coefficient (Wildman–Crippen LogP) is 12.3. The fraction of sp³-hybridized carbons (Fsp3) is 0.120. The number of nitrogens with zero attached hydrogens (tertiary/aromatic N) is 3. The number of hydrogen-bond acceptors (Lipinski definition) is 2. The highest BCUT2D eigenvalue weighted by Crippen LogP contribution is 2.51. The SMILES string of the molecule is CC1(C)c2ccccc2-c2ccc(N(c3ccc(-c4ccc5c(c4)c4ccccc4n5-c4ccccc4)cc3)c3cccc(C4=CC5CN5C4)c3)cc21. The van der Waals surface area contributed by atoms with E-state index in [1.165, 1.54) is 89.9 Å². The van der Waals surface area contributed by atoms with E-state index < -0.39 is 0 Å². The van der Waals surface area contributed by atoms with Gasteiger partial charge in [0.25, 0.3) is 0 Å². The zero-order valence-electron chi connectivity index (χ0n) is 30.0. The van der Waals surface area contributed by atoms with Gasteiger partial charge in [-0.05, 0) is 111 Å². The molecule has 0 N–H and O–H groups in total. The number of benzene rings is 7. The van der Waals surface area contributed by atoms with E-state index in [-0.39, 0.29) is 5.41 Å². The Balaban J connectivity index is 1.02. The van der Waals surface area contributed by atoms with Crippen LogP contribution in [0.25, 0.3) is 55.3 Å². The van der Waals surface area contributed by atoms with Gasteiger partial charge < -0.3 is 9.47 Å². The standard InChI is InChI=1S/C50H39N3/c1-50(2)46-17-8-6-15-42(46)43-25-24-40(30-47(43)50)52(39-14-10-11-34(27-39)36-28-41-32-51(41)31-36)38-22-19-33(20-23-38)35-21-26-49-45(29-35)44-16-7-9-18-48(44)53(49)37-12-4-3-5-13-37/h3-30,41H,31-32H2,1-2H3. The minimum atomic E-state index is -0.0777.